The summed E-state index contributed by atoms with van der Waals surface area (Å²) in [6, 6.07) is 10.5. The highest BCUT2D eigenvalue weighted by Gasteiger charge is 2.33. The summed E-state index contributed by atoms with van der Waals surface area (Å²) in [5, 5.41) is 6.97. The van der Waals surface area contributed by atoms with Gasteiger partial charge in [-0.25, -0.2) is 9.98 Å². The normalized spacial score (nSPS) is 15.6. The molecule has 1 aromatic heterocycles. The van der Waals surface area contributed by atoms with E-state index in [2.05, 4.69) is 51.4 Å². The summed E-state index contributed by atoms with van der Waals surface area (Å²) in [6.07, 6.45) is 10.2. The molecule has 2 N–H and O–H groups in total. The molecule has 6 nitrogen and oxygen atoms in total. The van der Waals surface area contributed by atoms with E-state index in [0.717, 1.165) is 44.4 Å². The third kappa shape index (κ3) is 7.27. The maximum Gasteiger partial charge on any atom is 0.191 e. The first kappa shape index (κ1) is 24.7. The minimum Gasteiger partial charge on any atom is -0.385 e. The Kier molecular flexibility index (Phi) is 10.6. The third-order valence-electron chi connectivity index (χ3n) is 5.85. The molecule has 0 spiro atoms. The molecule has 0 amide bonds. The van der Waals surface area contributed by atoms with Crippen LogP contribution in [0.5, 0.6) is 0 Å². The smallest absolute Gasteiger partial charge is 0.191 e. The van der Waals surface area contributed by atoms with Crippen molar-refractivity contribution >= 4 is 29.9 Å². The van der Waals surface area contributed by atoms with E-state index in [9.17, 15) is 0 Å². The molecule has 166 valence electrons. The number of nitrogens with zero attached hydrogens (tertiary/aromatic N) is 3. The first-order valence-electron chi connectivity index (χ1n) is 10.8. The van der Waals surface area contributed by atoms with Gasteiger partial charge in [0, 0.05) is 45.7 Å². The van der Waals surface area contributed by atoms with Crippen LogP contribution in [-0.4, -0.2) is 42.3 Å². The molecule has 1 aliphatic rings. The number of hydrogen-bond donors (Lipinski definition) is 2. The van der Waals surface area contributed by atoms with E-state index in [0.29, 0.717) is 12.0 Å². The topological polar surface area (TPSA) is 63.5 Å². The zero-order valence-corrected chi connectivity index (χ0v) is 20.6. The zero-order valence-electron chi connectivity index (χ0n) is 18.3. The standard InChI is InChI=1S/C23H35N5O.HI/c1-3-24-22(27-19-23(13-16-29-2)11-7-8-12-23)26-17-21-25-14-15-28(21)18-20-9-5-4-6-10-20;/h4-6,9-10,14-15H,3,7-8,11-13,16-19H2,1-2H3,(H2,24,26,27);1H. The summed E-state index contributed by atoms with van der Waals surface area (Å²) < 4.78 is 7.52. The van der Waals surface area contributed by atoms with Crippen LogP contribution in [0.4, 0.5) is 0 Å². The Hall–Kier alpha value is -1.61. The largest absolute Gasteiger partial charge is 0.385 e. The minimum absolute atomic E-state index is 0. The first-order valence-corrected chi connectivity index (χ1v) is 10.8. The van der Waals surface area contributed by atoms with Crippen LogP contribution in [0.3, 0.4) is 0 Å². The third-order valence-corrected chi connectivity index (χ3v) is 5.85. The van der Waals surface area contributed by atoms with Gasteiger partial charge in [-0.2, -0.15) is 0 Å². The molecule has 0 unspecified atom stereocenters. The van der Waals surface area contributed by atoms with Gasteiger partial charge in [0.1, 0.15) is 12.4 Å². The molecule has 1 fully saturated rings. The van der Waals surface area contributed by atoms with Gasteiger partial charge < -0.3 is 19.9 Å². The van der Waals surface area contributed by atoms with Crippen LogP contribution in [0, 0.1) is 5.41 Å². The number of benzene rings is 1. The van der Waals surface area contributed by atoms with E-state index in [1.165, 1.54) is 31.2 Å². The van der Waals surface area contributed by atoms with Gasteiger partial charge in [-0.05, 0) is 37.2 Å². The Labute approximate surface area is 197 Å². The van der Waals surface area contributed by atoms with Crippen LogP contribution in [0.2, 0.25) is 0 Å². The van der Waals surface area contributed by atoms with Crippen molar-refractivity contribution in [3.63, 3.8) is 0 Å². The van der Waals surface area contributed by atoms with Gasteiger partial charge in [-0.3, -0.25) is 0 Å². The number of rotatable bonds is 10. The monoisotopic (exact) mass is 525 g/mol. The second kappa shape index (κ2) is 12.9. The van der Waals surface area contributed by atoms with E-state index in [1.54, 1.807) is 7.11 Å². The van der Waals surface area contributed by atoms with Gasteiger partial charge in [-0.15, -0.1) is 24.0 Å². The SMILES string of the molecule is CCNC(=NCc1nccn1Cc1ccccc1)NCC1(CCOC)CCCC1.I. The van der Waals surface area contributed by atoms with Gasteiger partial charge in [0.25, 0.3) is 0 Å². The average Bonchev–Trinajstić information content (AvgIpc) is 3.39. The van der Waals surface area contributed by atoms with Crippen LogP contribution in [-0.2, 0) is 17.8 Å². The molecule has 1 heterocycles. The first-order chi connectivity index (χ1) is 14.2. The fraction of sp³-hybridized carbons (Fsp3) is 0.565. The molecule has 1 saturated carbocycles. The molecule has 7 heteroatoms. The Bertz CT molecular complexity index is 756. The lowest BCUT2D eigenvalue weighted by Crippen LogP contribution is -2.43. The van der Waals surface area contributed by atoms with Gasteiger partial charge in [0.2, 0.25) is 0 Å². The lowest BCUT2D eigenvalue weighted by Gasteiger charge is -2.30. The second-order valence-electron chi connectivity index (χ2n) is 7.96. The number of nitrogens with one attached hydrogen (secondary N) is 2. The second-order valence-corrected chi connectivity index (χ2v) is 7.96. The summed E-state index contributed by atoms with van der Waals surface area (Å²) in [6.45, 7) is 6.09. The fourth-order valence-corrected chi connectivity index (χ4v) is 4.14. The minimum atomic E-state index is 0. The highest BCUT2D eigenvalue weighted by Crippen LogP contribution is 2.40. The molecule has 0 bridgehead atoms. The fourth-order valence-electron chi connectivity index (χ4n) is 4.14. The number of methoxy groups -OCH3 is 1. The van der Waals surface area contributed by atoms with Crippen molar-refractivity contribution in [3.05, 3.63) is 54.1 Å². The van der Waals surface area contributed by atoms with Gasteiger partial charge in [0.05, 0.1) is 0 Å². The van der Waals surface area contributed by atoms with Gasteiger partial charge in [0.15, 0.2) is 5.96 Å². The number of aliphatic imine (C=N–C) groups is 1. The summed E-state index contributed by atoms with van der Waals surface area (Å²) in [7, 11) is 1.79. The molecule has 3 rings (SSSR count). The van der Waals surface area contributed by atoms with Crippen LogP contribution >= 0.6 is 24.0 Å². The molecule has 0 saturated heterocycles. The van der Waals surface area contributed by atoms with Crippen molar-refractivity contribution in [2.45, 2.75) is 52.1 Å². The van der Waals surface area contributed by atoms with Gasteiger partial charge in [-0.1, -0.05) is 43.2 Å². The average molecular weight is 525 g/mol. The van der Waals surface area contributed by atoms with Crippen LogP contribution < -0.4 is 10.6 Å². The van der Waals surface area contributed by atoms with Crippen molar-refractivity contribution in [1.82, 2.24) is 20.2 Å². The number of halogens is 1. The molecule has 2 aromatic rings. The highest BCUT2D eigenvalue weighted by molar-refractivity contribution is 14.0. The van der Waals surface area contributed by atoms with Crippen molar-refractivity contribution in [3.8, 4) is 0 Å². The quantitative estimate of drug-likeness (QED) is 0.277. The van der Waals surface area contributed by atoms with E-state index in [1.807, 2.05) is 18.5 Å². The van der Waals surface area contributed by atoms with E-state index >= 15 is 0 Å². The van der Waals surface area contributed by atoms with Crippen molar-refractivity contribution < 1.29 is 4.74 Å². The van der Waals surface area contributed by atoms with Gasteiger partial charge >= 0.3 is 0 Å². The highest BCUT2D eigenvalue weighted by atomic mass is 127. The maximum absolute atomic E-state index is 5.36. The van der Waals surface area contributed by atoms with Crippen molar-refractivity contribution in [1.29, 1.82) is 0 Å². The Balaban J connectivity index is 0.00000320. The van der Waals surface area contributed by atoms with Crippen LogP contribution in [0.15, 0.2) is 47.7 Å². The Morgan fingerprint density at radius 1 is 1.20 bits per heavy atom. The summed E-state index contributed by atoms with van der Waals surface area (Å²) in [5.41, 5.74) is 1.60. The zero-order chi connectivity index (χ0) is 20.4. The van der Waals surface area contributed by atoms with E-state index in [-0.39, 0.29) is 24.0 Å². The number of guanidine groups is 1. The maximum atomic E-state index is 5.36. The molecule has 0 radical (unpaired) electrons. The van der Waals surface area contributed by atoms with E-state index in [4.69, 9.17) is 9.73 Å². The summed E-state index contributed by atoms with van der Waals surface area (Å²) in [5.74, 6) is 1.84. The summed E-state index contributed by atoms with van der Waals surface area (Å²) >= 11 is 0. The molecular weight excluding hydrogens is 489 g/mol. The molecule has 0 atom stereocenters. The Morgan fingerprint density at radius 3 is 2.67 bits per heavy atom. The molecule has 1 aromatic carbocycles. The van der Waals surface area contributed by atoms with Crippen molar-refractivity contribution in [2.75, 3.05) is 26.8 Å². The molecule has 0 aliphatic heterocycles. The van der Waals surface area contributed by atoms with Crippen LogP contribution in [0.25, 0.3) is 0 Å². The van der Waals surface area contributed by atoms with Crippen molar-refractivity contribution in [2.24, 2.45) is 10.4 Å². The predicted molar refractivity (Wildman–Crippen MR) is 133 cm³/mol. The Morgan fingerprint density at radius 2 is 1.97 bits per heavy atom. The summed E-state index contributed by atoms with van der Waals surface area (Å²) in [4.78, 5) is 9.33. The van der Waals surface area contributed by atoms with E-state index < -0.39 is 0 Å². The molecule has 1 aliphatic carbocycles. The van der Waals surface area contributed by atoms with Crippen LogP contribution in [0.1, 0.15) is 50.4 Å². The molecule has 30 heavy (non-hydrogen) atoms. The lowest BCUT2D eigenvalue weighted by atomic mass is 9.83. The lowest BCUT2D eigenvalue weighted by molar-refractivity contribution is 0.138. The molecular formula is C23H36IN5O. The number of hydrogen-bond acceptors (Lipinski definition) is 3. The number of ether oxygens (including phenoxy) is 1. The number of imidazole rings is 1. The predicted octanol–water partition coefficient (Wildman–Crippen LogP) is 4.20. The number of aromatic nitrogens is 2.